The third-order valence-corrected chi connectivity index (χ3v) is 3.65. The van der Waals surface area contributed by atoms with Crippen molar-refractivity contribution in [2.75, 3.05) is 0 Å². The van der Waals surface area contributed by atoms with E-state index in [-0.39, 0.29) is 28.9 Å². The average molecular weight is 328 g/mol. The molecule has 6 heteroatoms. The van der Waals surface area contributed by atoms with Crippen molar-refractivity contribution in [1.82, 2.24) is 0 Å². The van der Waals surface area contributed by atoms with Crippen molar-refractivity contribution in [3.05, 3.63) is 32.3 Å². The second-order valence-corrected chi connectivity index (χ2v) is 5.55. The average Bonchev–Trinajstić information content (AvgIpc) is 2.83. The van der Waals surface area contributed by atoms with Crippen LogP contribution in [0.25, 0.3) is 0 Å². The third kappa shape index (κ3) is 3.12. The van der Waals surface area contributed by atoms with Crippen LogP contribution >= 0.6 is 15.9 Å². The van der Waals surface area contributed by atoms with Crippen molar-refractivity contribution in [1.29, 1.82) is 0 Å². The molecule has 19 heavy (non-hydrogen) atoms. The molecule has 0 aromatic heterocycles. The molecule has 1 aliphatic carbocycles. The Bertz CT molecular complexity index is 488. The number of halogens is 1. The molecule has 0 radical (unpaired) electrons. The zero-order valence-corrected chi connectivity index (χ0v) is 12.1. The molecule has 0 saturated heterocycles. The summed E-state index contributed by atoms with van der Waals surface area (Å²) in [7, 11) is 0. The van der Waals surface area contributed by atoms with E-state index in [2.05, 4.69) is 15.9 Å². The van der Waals surface area contributed by atoms with Crippen LogP contribution in [0.4, 0.5) is 5.69 Å². The molecule has 2 rings (SSSR count). The fourth-order valence-electron chi connectivity index (χ4n) is 2.27. The first kappa shape index (κ1) is 14.0. The van der Waals surface area contributed by atoms with Gasteiger partial charge in [-0.15, -0.1) is 0 Å². The van der Waals surface area contributed by atoms with E-state index in [0.717, 1.165) is 25.7 Å². The van der Waals surface area contributed by atoms with E-state index in [4.69, 9.17) is 4.74 Å². The van der Waals surface area contributed by atoms with E-state index in [1.165, 1.54) is 13.0 Å². The van der Waals surface area contributed by atoms with E-state index in [1.807, 2.05) is 0 Å². The third-order valence-electron chi connectivity index (χ3n) is 3.20. The first-order valence-electron chi connectivity index (χ1n) is 6.14. The number of ether oxygens (including phenoxy) is 1. The van der Waals surface area contributed by atoms with Gasteiger partial charge in [0.2, 0.25) is 5.75 Å². The van der Waals surface area contributed by atoms with Crippen molar-refractivity contribution in [2.24, 2.45) is 0 Å². The maximum Gasteiger partial charge on any atom is 0.312 e. The predicted octanol–water partition coefficient (Wildman–Crippen LogP) is 3.88. The Labute approximate surface area is 119 Å². The number of rotatable bonds is 4. The molecule has 0 unspecified atom stereocenters. The van der Waals surface area contributed by atoms with E-state index in [9.17, 15) is 14.9 Å². The molecule has 0 bridgehead atoms. The summed E-state index contributed by atoms with van der Waals surface area (Å²) in [6.07, 6.45) is 3.85. The van der Waals surface area contributed by atoms with Crippen LogP contribution in [0.3, 0.4) is 0 Å². The molecule has 0 aliphatic heterocycles. The van der Waals surface area contributed by atoms with Gasteiger partial charge in [-0.25, -0.2) is 0 Å². The Balaban J connectivity index is 2.46. The Morgan fingerprint density at radius 1 is 1.42 bits per heavy atom. The Kier molecular flexibility index (Phi) is 4.19. The zero-order chi connectivity index (χ0) is 14.0. The van der Waals surface area contributed by atoms with Crippen LogP contribution in [-0.4, -0.2) is 16.8 Å². The van der Waals surface area contributed by atoms with E-state index in [0.29, 0.717) is 4.47 Å². The van der Waals surface area contributed by atoms with Gasteiger partial charge in [0, 0.05) is 10.5 Å². The number of carbonyl (C=O) groups excluding carboxylic acids is 1. The molecule has 0 atom stereocenters. The molecular weight excluding hydrogens is 314 g/mol. The molecule has 5 nitrogen and oxygen atoms in total. The lowest BCUT2D eigenvalue weighted by atomic mass is 10.1. The smallest absolute Gasteiger partial charge is 0.312 e. The number of Topliss-reactive ketones (excluding diaryl/α,β-unsaturated/α-hetero) is 1. The van der Waals surface area contributed by atoms with Gasteiger partial charge in [-0.1, -0.05) is 15.9 Å². The number of nitro groups is 1. The predicted molar refractivity (Wildman–Crippen MR) is 73.7 cm³/mol. The van der Waals surface area contributed by atoms with Crippen molar-refractivity contribution >= 4 is 27.4 Å². The van der Waals surface area contributed by atoms with Gasteiger partial charge in [0.25, 0.3) is 0 Å². The number of hydrogen-bond acceptors (Lipinski definition) is 4. The first-order valence-corrected chi connectivity index (χ1v) is 6.94. The van der Waals surface area contributed by atoms with Gasteiger partial charge in [0.05, 0.1) is 16.6 Å². The van der Waals surface area contributed by atoms with Crippen molar-refractivity contribution in [2.45, 2.75) is 38.7 Å². The maximum atomic E-state index is 11.6. The van der Waals surface area contributed by atoms with Crippen molar-refractivity contribution in [3.8, 4) is 5.75 Å². The number of ketones is 1. The highest BCUT2D eigenvalue weighted by atomic mass is 79.9. The molecule has 1 aromatic carbocycles. The van der Waals surface area contributed by atoms with Crippen LogP contribution in [0.5, 0.6) is 5.75 Å². The minimum Gasteiger partial charge on any atom is -0.483 e. The summed E-state index contributed by atoms with van der Waals surface area (Å²) in [6.45, 7) is 1.38. The van der Waals surface area contributed by atoms with E-state index in [1.54, 1.807) is 6.07 Å². The highest BCUT2D eigenvalue weighted by Crippen LogP contribution is 2.37. The molecule has 102 valence electrons. The number of benzene rings is 1. The minimum atomic E-state index is -0.512. The topological polar surface area (TPSA) is 69.4 Å². The van der Waals surface area contributed by atoms with Crippen LogP contribution in [0.15, 0.2) is 16.6 Å². The summed E-state index contributed by atoms with van der Waals surface area (Å²) in [6, 6.07) is 2.94. The summed E-state index contributed by atoms with van der Waals surface area (Å²) in [4.78, 5) is 22.2. The first-order chi connectivity index (χ1) is 8.99. The zero-order valence-electron chi connectivity index (χ0n) is 10.5. The molecule has 0 amide bonds. The van der Waals surface area contributed by atoms with Gasteiger partial charge in [-0.2, -0.15) is 0 Å². The number of nitro benzene ring substituents is 1. The van der Waals surface area contributed by atoms with Gasteiger partial charge >= 0.3 is 5.69 Å². The highest BCUT2D eigenvalue weighted by molar-refractivity contribution is 9.10. The SMILES string of the molecule is CC(=O)c1cc(Br)cc([N+](=O)[O-])c1OC1CCCC1. The van der Waals surface area contributed by atoms with Crippen molar-refractivity contribution in [3.63, 3.8) is 0 Å². The lowest BCUT2D eigenvalue weighted by Crippen LogP contribution is -2.14. The summed E-state index contributed by atoms with van der Waals surface area (Å²) >= 11 is 3.18. The van der Waals surface area contributed by atoms with Gasteiger partial charge in [-0.05, 0) is 38.7 Å². The fourth-order valence-corrected chi connectivity index (χ4v) is 2.72. The largest absolute Gasteiger partial charge is 0.483 e. The number of nitrogens with zero attached hydrogens (tertiary/aromatic N) is 1. The Morgan fingerprint density at radius 2 is 2.05 bits per heavy atom. The standard InChI is InChI=1S/C13H14BrNO4/c1-8(16)11-6-9(14)7-12(15(17)18)13(11)19-10-4-2-3-5-10/h6-7,10H,2-5H2,1H3. The van der Waals surface area contributed by atoms with Gasteiger partial charge < -0.3 is 4.74 Å². The maximum absolute atomic E-state index is 11.6. The van der Waals surface area contributed by atoms with Crippen LogP contribution in [0.2, 0.25) is 0 Å². The number of hydrogen-bond donors (Lipinski definition) is 0. The monoisotopic (exact) mass is 327 g/mol. The van der Waals surface area contributed by atoms with Gasteiger partial charge in [0.15, 0.2) is 5.78 Å². The van der Waals surface area contributed by atoms with Crippen LogP contribution < -0.4 is 4.74 Å². The molecule has 1 aliphatic rings. The van der Waals surface area contributed by atoms with Crippen LogP contribution in [0, 0.1) is 10.1 Å². The van der Waals surface area contributed by atoms with Crippen LogP contribution in [-0.2, 0) is 0 Å². The molecule has 0 spiro atoms. The van der Waals surface area contributed by atoms with Gasteiger partial charge in [-0.3, -0.25) is 14.9 Å². The van der Waals surface area contributed by atoms with E-state index >= 15 is 0 Å². The molecule has 1 aromatic rings. The second-order valence-electron chi connectivity index (χ2n) is 4.64. The highest BCUT2D eigenvalue weighted by Gasteiger charge is 2.27. The lowest BCUT2D eigenvalue weighted by Gasteiger charge is -2.15. The Morgan fingerprint density at radius 3 is 2.58 bits per heavy atom. The normalized spacial score (nSPS) is 15.5. The molecule has 0 N–H and O–H groups in total. The number of carbonyl (C=O) groups is 1. The quantitative estimate of drug-likeness (QED) is 0.478. The molecular formula is C13H14BrNO4. The lowest BCUT2D eigenvalue weighted by molar-refractivity contribution is -0.386. The summed E-state index contributed by atoms with van der Waals surface area (Å²) in [5.41, 5.74) is 0.0967. The molecule has 1 fully saturated rings. The molecule has 1 saturated carbocycles. The second kappa shape index (κ2) is 5.69. The summed E-state index contributed by atoms with van der Waals surface area (Å²) in [5.74, 6) is -0.134. The summed E-state index contributed by atoms with van der Waals surface area (Å²) < 4.78 is 6.23. The van der Waals surface area contributed by atoms with Crippen molar-refractivity contribution < 1.29 is 14.5 Å². The molecule has 0 heterocycles. The fraction of sp³-hybridized carbons (Fsp3) is 0.462. The summed E-state index contributed by atoms with van der Waals surface area (Å²) in [5, 5.41) is 11.1. The minimum absolute atomic E-state index is 0.0297. The van der Waals surface area contributed by atoms with Gasteiger partial charge in [0.1, 0.15) is 0 Å². The Hall–Kier alpha value is -1.43. The van der Waals surface area contributed by atoms with Crippen LogP contribution in [0.1, 0.15) is 43.0 Å². The van der Waals surface area contributed by atoms with E-state index < -0.39 is 4.92 Å².